The Morgan fingerprint density at radius 2 is 1.81 bits per heavy atom. The summed E-state index contributed by atoms with van der Waals surface area (Å²) in [4.78, 5) is 35.3. The molecule has 0 aliphatic heterocycles. The molecule has 2 aromatic rings. The van der Waals surface area contributed by atoms with Crippen LogP contribution in [0.25, 0.3) is 0 Å². The van der Waals surface area contributed by atoms with Crippen LogP contribution in [0.5, 0.6) is 0 Å². The van der Waals surface area contributed by atoms with Gasteiger partial charge in [0.1, 0.15) is 0 Å². The van der Waals surface area contributed by atoms with E-state index in [-0.39, 0.29) is 16.9 Å². The number of carbonyl (C=O) groups is 3. The number of ether oxygens (including phenoxy) is 1. The van der Waals surface area contributed by atoms with Crippen molar-refractivity contribution >= 4 is 29.2 Å². The van der Waals surface area contributed by atoms with Gasteiger partial charge in [0.2, 0.25) is 5.91 Å². The van der Waals surface area contributed by atoms with Gasteiger partial charge in [-0.25, -0.2) is 13.6 Å². The molecule has 0 aliphatic carbocycles. The minimum Gasteiger partial charge on any atom is -0.452 e. The number of amides is 2. The molecule has 0 aromatic heterocycles. The molecule has 0 unspecified atom stereocenters. The minimum atomic E-state index is -1.11. The average molecular weight is 377 g/mol. The highest BCUT2D eigenvalue weighted by Gasteiger charge is 2.15. The molecular weight excluding hydrogens is 360 g/mol. The number of anilines is 2. The Kier molecular flexibility index (Phi) is 6.42. The van der Waals surface area contributed by atoms with Crippen LogP contribution >= 0.6 is 0 Å². The summed E-state index contributed by atoms with van der Waals surface area (Å²) in [6.45, 7) is 0.678. The van der Waals surface area contributed by atoms with Crippen LogP contribution in [0.15, 0.2) is 36.4 Å². The molecule has 2 aromatic carbocycles. The van der Waals surface area contributed by atoms with Crippen LogP contribution in [0.2, 0.25) is 0 Å². The maximum Gasteiger partial charge on any atom is 0.340 e. The number of hydrogen-bond acceptors (Lipinski definition) is 5. The summed E-state index contributed by atoms with van der Waals surface area (Å²) in [5.74, 6) is -4.30. The first-order chi connectivity index (χ1) is 12.8. The minimum absolute atomic E-state index is 0.0366. The highest BCUT2D eigenvalue weighted by molar-refractivity contribution is 5.97. The summed E-state index contributed by atoms with van der Waals surface area (Å²) in [5, 5.41) is 4.52. The molecule has 7 nitrogen and oxygen atoms in total. The van der Waals surface area contributed by atoms with E-state index in [4.69, 9.17) is 10.5 Å². The Labute approximate surface area is 153 Å². The predicted molar refractivity (Wildman–Crippen MR) is 93.9 cm³/mol. The molecule has 0 bridgehead atoms. The first-order valence-electron chi connectivity index (χ1n) is 7.81. The molecule has 0 heterocycles. The lowest BCUT2D eigenvalue weighted by molar-refractivity contribution is -0.126. The SMILES string of the molecule is Cc1cccc(C(=O)OCC(=O)NCC(=O)Nc2ccc(F)c(F)c2)c1N. The van der Waals surface area contributed by atoms with E-state index in [2.05, 4.69) is 10.6 Å². The third-order valence-corrected chi connectivity index (χ3v) is 3.53. The van der Waals surface area contributed by atoms with Crippen molar-refractivity contribution in [1.82, 2.24) is 5.32 Å². The summed E-state index contributed by atoms with van der Waals surface area (Å²) in [6, 6.07) is 7.67. The summed E-state index contributed by atoms with van der Waals surface area (Å²) in [7, 11) is 0. The van der Waals surface area contributed by atoms with Crippen LogP contribution in [0, 0.1) is 18.6 Å². The fraction of sp³-hybridized carbons (Fsp3) is 0.167. The van der Waals surface area contributed by atoms with Crippen LogP contribution in [-0.4, -0.2) is 30.9 Å². The molecule has 0 saturated heterocycles. The Balaban J connectivity index is 1.78. The molecule has 142 valence electrons. The smallest absolute Gasteiger partial charge is 0.340 e. The second-order valence-electron chi connectivity index (χ2n) is 5.57. The molecule has 0 aliphatic rings. The van der Waals surface area contributed by atoms with Crippen molar-refractivity contribution in [3.63, 3.8) is 0 Å². The van der Waals surface area contributed by atoms with Crippen LogP contribution in [0.1, 0.15) is 15.9 Å². The van der Waals surface area contributed by atoms with E-state index in [1.807, 2.05) is 0 Å². The lowest BCUT2D eigenvalue weighted by atomic mass is 10.1. The van der Waals surface area contributed by atoms with E-state index in [0.29, 0.717) is 5.56 Å². The van der Waals surface area contributed by atoms with Crippen LogP contribution in [0.4, 0.5) is 20.2 Å². The topological polar surface area (TPSA) is 111 Å². The average Bonchev–Trinajstić information content (AvgIpc) is 2.63. The first kappa shape index (κ1) is 19.8. The van der Waals surface area contributed by atoms with E-state index < -0.39 is 42.6 Å². The normalized spacial score (nSPS) is 10.2. The number of carbonyl (C=O) groups excluding carboxylic acids is 3. The lowest BCUT2D eigenvalue weighted by Crippen LogP contribution is -2.35. The number of halogens is 2. The van der Waals surface area contributed by atoms with Gasteiger partial charge in [-0.15, -0.1) is 0 Å². The third kappa shape index (κ3) is 5.50. The van der Waals surface area contributed by atoms with Gasteiger partial charge in [0.05, 0.1) is 12.1 Å². The number of benzene rings is 2. The van der Waals surface area contributed by atoms with Crippen molar-refractivity contribution in [3.8, 4) is 0 Å². The Bertz CT molecular complexity index is 887. The standard InChI is InChI=1S/C18H17F2N3O4/c1-10-3-2-4-12(17(10)21)18(26)27-9-16(25)22-8-15(24)23-11-5-6-13(19)14(20)7-11/h2-7H,8-9,21H2,1H3,(H,22,25)(H,23,24). The van der Waals surface area contributed by atoms with Crippen LogP contribution in [0.3, 0.4) is 0 Å². The van der Waals surface area contributed by atoms with E-state index in [9.17, 15) is 23.2 Å². The van der Waals surface area contributed by atoms with Gasteiger partial charge < -0.3 is 21.1 Å². The number of para-hydroxylation sites is 1. The van der Waals surface area contributed by atoms with Crippen molar-refractivity contribution in [2.45, 2.75) is 6.92 Å². The van der Waals surface area contributed by atoms with Crippen LogP contribution < -0.4 is 16.4 Å². The molecule has 0 fully saturated rings. The third-order valence-electron chi connectivity index (χ3n) is 3.53. The number of rotatable bonds is 6. The van der Waals surface area contributed by atoms with E-state index in [1.165, 1.54) is 12.1 Å². The van der Waals surface area contributed by atoms with Crippen molar-refractivity contribution in [1.29, 1.82) is 0 Å². The number of hydrogen-bond donors (Lipinski definition) is 3. The zero-order chi connectivity index (χ0) is 20.0. The second kappa shape index (κ2) is 8.75. The molecule has 2 rings (SSSR count). The van der Waals surface area contributed by atoms with Crippen molar-refractivity contribution in [2.75, 3.05) is 24.2 Å². The molecule has 0 atom stereocenters. The van der Waals surface area contributed by atoms with Gasteiger partial charge in [0.15, 0.2) is 18.2 Å². The van der Waals surface area contributed by atoms with Gasteiger partial charge in [-0.2, -0.15) is 0 Å². The molecule has 27 heavy (non-hydrogen) atoms. The van der Waals surface area contributed by atoms with Gasteiger partial charge in [-0.3, -0.25) is 9.59 Å². The summed E-state index contributed by atoms with van der Waals surface area (Å²) in [6.07, 6.45) is 0. The van der Waals surface area contributed by atoms with Gasteiger partial charge in [0.25, 0.3) is 5.91 Å². The zero-order valence-corrected chi connectivity index (χ0v) is 14.3. The summed E-state index contributed by atoms with van der Waals surface area (Å²) < 4.78 is 30.7. The molecule has 2 amide bonds. The fourth-order valence-corrected chi connectivity index (χ4v) is 2.08. The molecule has 0 spiro atoms. The number of nitrogens with two attached hydrogens (primary N) is 1. The summed E-state index contributed by atoms with van der Waals surface area (Å²) in [5.41, 5.74) is 6.91. The van der Waals surface area contributed by atoms with Gasteiger partial charge >= 0.3 is 5.97 Å². The lowest BCUT2D eigenvalue weighted by Gasteiger charge is -2.09. The molecule has 0 saturated carbocycles. The van der Waals surface area contributed by atoms with E-state index in [0.717, 1.165) is 12.1 Å². The highest BCUT2D eigenvalue weighted by atomic mass is 19.2. The Morgan fingerprint density at radius 1 is 1.07 bits per heavy atom. The van der Waals surface area contributed by atoms with E-state index in [1.54, 1.807) is 19.1 Å². The van der Waals surface area contributed by atoms with Gasteiger partial charge in [-0.1, -0.05) is 12.1 Å². The van der Waals surface area contributed by atoms with Crippen molar-refractivity contribution in [2.24, 2.45) is 0 Å². The molecular formula is C18H17F2N3O4. The fourth-order valence-electron chi connectivity index (χ4n) is 2.08. The molecule has 0 radical (unpaired) electrons. The Hall–Kier alpha value is -3.49. The zero-order valence-electron chi connectivity index (χ0n) is 14.3. The maximum atomic E-state index is 13.1. The van der Waals surface area contributed by atoms with Gasteiger partial charge in [-0.05, 0) is 30.7 Å². The maximum absolute atomic E-state index is 13.1. The summed E-state index contributed by atoms with van der Waals surface area (Å²) >= 11 is 0. The highest BCUT2D eigenvalue weighted by Crippen LogP contribution is 2.17. The van der Waals surface area contributed by atoms with Crippen LogP contribution in [-0.2, 0) is 14.3 Å². The van der Waals surface area contributed by atoms with Crippen molar-refractivity contribution < 1.29 is 27.9 Å². The second-order valence-corrected chi connectivity index (χ2v) is 5.57. The predicted octanol–water partition coefficient (Wildman–Crippen LogP) is 1.77. The van der Waals surface area contributed by atoms with E-state index >= 15 is 0 Å². The monoisotopic (exact) mass is 377 g/mol. The Morgan fingerprint density at radius 3 is 2.52 bits per heavy atom. The number of esters is 1. The first-order valence-corrected chi connectivity index (χ1v) is 7.81. The van der Waals surface area contributed by atoms with Crippen molar-refractivity contribution in [3.05, 3.63) is 59.2 Å². The quantitative estimate of drug-likeness (QED) is 0.525. The number of nitrogen functional groups attached to an aromatic ring is 1. The van der Waals surface area contributed by atoms with Gasteiger partial charge in [0, 0.05) is 17.4 Å². The number of nitrogens with one attached hydrogen (secondary N) is 2. The molecule has 4 N–H and O–H groups in total. The number of aryl methyl sites for hydroxylation is 1. The largest absolute Gasteiger partial charge is 0.452 e. The molecule has 9 heteroatoms.